The molecule has 114 valence electrons. The lowest BCUT2D eigenvalue weighted by molar-refractivity contribution is 0.0480. The van der Waals surface area contributed by atoms with Gasteiger partial charge in [-0.3, -0.25) is 4.90 Å². The highest BCUT2D eigenvalue weighted by atomic mass is 16.5. The molecule has 0 rings (SSSR count). The Bertz CT molecular complexity index is 122. The zero-order chi connectivity index (χ0) is 14.8. The third-order valence-corrected chi connectivity index (χ3v) is 1.89. The highest BCUT2D eigenvalue weighted by molar-refractivity contribution is 4.56. The van der Waals surface area contributed by atoms with Crippen LogP contribution in [0.2, 0.25) is 0 Å². The molecular weight excluding hydrogens is 230 g/mol. The number of ether oxygens (including phenoxy) is 2. The van der Waals surface area contributed by atoms with Crippen LogP contribution in [0.3, 0.4) is 0 Å². The molecule has 0 aromatic rings. The van der Waals surface area contributed by atoms with Gasteiger partial charge in [0, 0.05) is 26.7 Å². The molecule has 0 aliphatic carbocycles. The van der Waals surface area contributed by atoms with Crippen LogP contribution >= 0.6 is 0 Å². The van der Waals surface area contributed by atoms with E-state index in [9.17, 15) is 0 Å². The zero-order valence-corrected chi connectivity index (χ0v) is 13.5. The van der Waals surface area contributed by atoms with Crippen molar-refractivity contribution >= 4 is 0 Å². The Hall–Kier alpha value is -0.160. The molecule has 0 heterocycles. The predicted molar refractivity (Wildman–Crippen MR) is 79.2 cm³/mol. The van der Waals surface area contributed by atoms with Crippen molar-refractivity contribution in [2.45, 2.75) is 47.6 Å². The van der Waals surface area contributed by atoms with Crippen molar-refractivity contribution in [1.29, 1.82) is 0 Å². The molecule has 4 heteroatoms. The second-order valence-electron chi connectivity index (χ2n) is 3.48. The van der Waals surface area contributed by atoms with Gasteiger partial charge in [0.15, 0.2) is 0 Å². The molecule has 0 aliphatic rings. The molecule has 0 radical (unpaired) electrons. The summed E-state index contributed by atoms with van der Waals surface area (Å²) in [5.74, 6) is 0. The summed E-state index contributed by atoms with van der Waals surface area (Å²) >= 11 is 0. The molecule has 0 aromatic carbocycles. The van der Waals surface area contributed by atoms with E-state index < -0.39 is 0 Å². The summed E-state index contributed by atoms with van der Waals surface area (Å²) in [6, 6.07) is 0. The van der Waals surface area contributed by atoms with Gasteiger partial charge in [0.2, 0.25) is 0 Å². The molecule has 0 aromatic heterocycles. The van der Waals surface area contributed by atoms with E-state index in [1.165, 1.54) is 0 Å². The quantitative estimate of drug-likeness (QED) is 0.695. The number of hydrogen-bond acceptors (Lipinski definition) is 4. The van der Waals surface area contributed by atoms with Crippen molar-refractivity contribution in [2.24, 2.45) is 0 Å². The first kappa shape index (κ1) is 23.0. The van der Waals surface area contributed by atoms with Crippen LogP contribution in [-0.2, 0) is 9.47 Å². The maximum atomic E-state index is 8.82. The fourth-order valence-electron chi connectivity index (χ4n) is 1.11. The lowest BCUT2D eigenvalue weighted by Gasteiger charge is -2.21. The van der Waals surface area contributed by atoms with Crippen molar-refractivity contribution < 1.29 is 14.6 Å². The molecule has 0 saturated carbocycles. The van der Waals surface area contributed by atoms with Gasteiger partial charge >= 0.3 is 0 Å². The van der Waals surface area contributed by atoms with Gasteiger partial charge in [0.25, 0.3) is 0 Å². The number of rotatable bonds is 9. The van der Waals surface area contributed by atoms with Crippen LogP contribution in [0.25, 0.3) is 0 Å². The van der Waals surface area contributed by atoms with Gasteiger partial charge in [0.1, 0.15) is 0 Å². The average molecular weight is 265 g/mol. The lowest BCUT2D eigenvalue weighted by atomic mass is 10.4. The molecule has 18 heavy (non-hydrogen) atoms. The Kier molecular flexibility index (Phi) is 28.2. The highest BCUT2D eigenvalue weighted by Gasteiger charge is 2.03. The van der Waals surface area contributed by atoms with Crippen molar-refractivity contribution in [3.05, 3.63) is 0 Å². The normalized spacial score (nSPS) is 9.67. The van der Waals surface area contributed by atoms with Crippen LogP contribution in [0.1, 0.15) is 41.5 Å². The number of methoxy groups -OCH3 is 1. The number of hydrogen-bond donors (Lipinski definition) is 1. The summed E-state index contributed by atoms with van der Waals surface area (Å²) in [5, 5.41) is 8.82. The van der Waals surface area contributed by atoms with Crippen molar-refractivity contribution in [1.82, 2.24) is 4.90 Å². The van der Waals surface area contributed by atoms with Gasteiger partial charge < -0.3 is 14.6 Å². The first-order valence-corrected chi connectivity index (χ1v) is 7.14. The fraction of sp³-hybridized carbons (Fsp3) is 1.00. The number of aliphatic hydroxyl groups is 1. The van der Waals surface area contributed by atoms with Crippen LogP contribution in [0.5, 0.6) is 0 Å². The van der Waals surface area contributed by atoms with E-state index in [1.54, 1.807) is 7.11 Å². The van der Waals surface area contributed by atoms with Crippen molar-refractivity contribution in [3.63, 3.8) is 0 Å². The van der Waals surface area contributed by atoms with Crippen LogP contribution in [-0.4, -0.2) is 62.7 Å². The first-order chi connectivity index (χ1) is 8.70. The molecule has 0 spiro atoms. The largest absolute Gasteiger partial charge is 0.395 e. The summed E-state index contributed by atoms with van der Waals surface area (Å²) in [6.45, 7) is 16.0. The Labute approximate surface area is 114 Å². The van der Waals surface area contributed by atoms with Crippen LogP contribution in [0.15, 0.2) is 0 Å². The van der Waals surface area contributed by atoms with Crippen LogP contribution in [0, 0.1) is 0 Å². The van der Waals surface area contributed by atoms with Crippen molar-refractivity contribution in [3.8, 4) is 0 Å². The molecule has 0 fully saturated rings. The smallest absolute Gasteiger partial charge is 0.0596 e. The van der Waals surface area contributed by atoms with Gasteiger partial charge in [-0.1, -0.05) is 27.7 Å². The molecule has 0 bridgehead atoms. The van der Waals surface area contributed by atoms with E-state index in [4.69, 9.17) is 14.6 Å². The minimum Gasteiger partial charge on any atom is -0.395 e. The minimum atomic E-state index is 0.186. The molecule has 4 nitrogen and oxygen atoms in total. The maximum Gasteiger partial charge on any atom is 0.0596 e. The molecule has 0 unspecified atom stereocenters. The SMILES string of the molecule is CC.CC.COCCN(CCO)CCOC(C)C. The van der Waals surface area contributed by atoms with E-state index in [2.05, 4.69) is 4.90 Å². The van der Waals surface area contributed by atoms with Crippen LogP contribution in [0.4, 0.5) is 0 Å². The fourth-order valence-corrected chi connectivity index (χ4v) is 1.11. The molecule has 0 amide bonds. The number of nitrogens with zero attached hydrogens (tertiary/aromatic N) is 1. The first-order valence-electron chi connectivity index (χ1n) is 7.14. The van der Waals surface area contributed by atoms with Gasteiger partial charge in [-0.05, 0) is 13.8 Å². The molecule has 0 saturated heterocycles. The topological polar surface area (TPSA) is 41.9 Å². The zero-order valence-electron chi connectivity index (χ0n) is 13.5. The predicted octanol–water partition coefficient (Wildman–Crippen LogP) is 2.40. The standard InChI is InChI=1S/C10H23NO3.2C2H6/c1-10(2)14-9-6-11(4-7-12)5-8-13-3;2*1-2/h10,12H,4-9H2,1-3H3;2*1-2H3. The van der Waals surface area contributed by atoms with E-state index in [-0.39, 0.29) is 12.7 Å². The molecule has 1 N–H and O–H groups in total. The monoisotopic (exact) mass is 265 g/mol. The highest BCUT2D eigenvalue weighted by Crippen LogP contribution is 1.92. The van der Waals surface area contributed by atoms with Gasteiger partial charge in [-0.15, -0.1) is 0 Å². The Balaban J connectivity index is -0.000000506. The summed E-state index contributed by atoms with van der Waals surface area (Å²) in [5.41, 5.74) is 0. The van der Waals surface area contributed by atoms with Gasteiger partial charge in [0.05, 0.1) is 25.9 Å². The lowest BCUT2D eigenvalue weighted by Crippen LogP contribution is -2.33. The van der Waals surface area contributed by atoms with E-state index >= 15 is 0 Å². The third-order valence-electron chi connectivity index (χ3n) is 1.89. The molecule has 0 atom stereocenters. The summed E-state index contributed by atoms with van der Waals surface area (Å²) in [4.78, 5) is 2.13. The third kappa shape index (κ3) is 21.2. The average Bonchev–Trinajstić information content (AvgIpc) is 2.40. The maximum absolute atomic E-state index is 8.82. The molecule has 0 aliphatic heterocycles. The van der Waals surface area contributed by atoms with Gasteiger partial charge in [-0.2, -0.15) is 0 Å². The summed E-state index contributed by atoms with van der Waals surface area (Å²) in [7, 11) is 1.68. The summed E-state index contributed by atoms with van der Waals surface area (Å²) in [6.07, 6.45) is 0.272. The summed E-state index contributed by atoms with van der Waals surface area (Å²) < 4.78 is 10.4. The second-order valence-corrected chi connectivity index (χ2v) is 3.48. The van der Waals surface area contributed by atoms with Crippen molar-refractivity contribution in [2.75, 3.05) is 46.6 Å². The second kappa shape index (κ2) is 22.1. The van der Waals surface area contributed by atoms with E-state index in [1.807, 2.05) is 41.5 Å². The Morgan fingerprint density at radius 1 is 0.944 bits per heavy atom. The van der Waals surface area contributed by atoms with E-state index in [0.29, 0.717) is 19.8 Å². The minimum absolute atomic E-state index is 0.186. The Morgan fingerprint density at radius 2 is 1.44 bits per heavy atom. The van der Waals surface area contributed by atoms with E-state index in [0.717, 1.165) is 13.1 Å². The number of aliphatic hydroxyl groups excluding tert-OH is 1. The van der Waals surface area contributed by atoms with Crippen LogP contribution < -0.4 is 0 Å². The van der Waals surface area contributed by atoms with Gasteiger partial charge in [-0.25, -0.2) is 0 Å². The Morgan fingerprint density at radius 3 is 1.83 bits per heavy atom. The molecular formula is C14H35NO3.